The number of hydrogen-bond acceptors (Lipinski definition) is 5. The number of phenols is 1. The highest BCUT2D eigenvalue weighted by Gasteiger charge is 2.25. The molecule has 1 amide bonds. The van der Waals surface area contributed by atoms with Gasteiger partial charge in [-0.05, 0) is 62.4 Å². The number of hydrogen-bond donors (Lipinski definition) is 2. The Bertz CT molecular complexity index is 1140. The van der Waals surface area contributed by atoms with Gasteiger partial charge in [-0.25, -0.2) is 0 Å². The first kappa shape index (κ1) is 19.1. The smallest absolute Gasteiger partial charge is 0.255 e. The first-order chi connectivity index (χ1) is 13.9. The summed E-state index contributed by atoms with van der Waals surface area (Å²) >= 11 is 1.42. The molecule has 0 saturated heterocycles. The van der Waals surface area contributed by atoms with Crippen molar-refractivity contribution in [1.82, 2.24) is 5.32 Å². The van der Waals surface area contributed by atoms with Crippen LogP contribution in [-0.4, -0.2) is 22.8 Å². The molecule has 0 atom stereocenters. The van der Waals surface area contributed by atoms with Crippen molar-refractivity contribution < 1.29 is 19.1 Å². The van der Waals surface area contributed by atoms with Gasteiger partial charge < -0.3 is 14.8 Å². The molecule has 0 bridgehead atoms. The Balaban J connectivity index is 1.60. The Hall–Kier alpha value is -3.25. The molecule has 0 aliphatic carbocycles. The molecule has 4 rings (SSSR count). The number of benzene rings is 2. The van der Waals surface area contributed by atoms with Crippen molar-refractivity contribution in [3.05, 3.63) is 76.4 Å². The van der Waals surface area contributed by atoms with Gasteiger partial charge in [0.1, 0.15) is 17.3 Å². The molecule has 0 saturated carbocycles. The van der Waals surface area contributed by atoms with E-state index in [9.17, 15) is 14.7 Å². The van der Waals surface area contributed by atoms with E-state index in [0.717, 1.165) is 4.90 Å². The molecule has 0 spiro atoms. The van der Waals surface area contributed by atoms with Gasteiger partial charge in [0.2, 0.25) is 5.78 Å². The molecule has 0 fully saturated rings. The van der Waals surface area contributed by atoms with Crippen LogP contribution in [0.1, 0.15) is 40.3 Å². The summed E-state index contributed by atoms with van der Waals surface area (Å²) in [6.45, 7) is 3.71. The first-order valence-electron chi connectivity index (χ1n) is 9.20. The number of carbonyl (C=O) groups is 2. The zero-order valence-electron chi connectivity index (χ0n) is 15.9. The minimum Gasteiger partial charge on any atom is -0.507 e. The summed E-state index contributed by atoms with van der Waals surface area (Å²) in [7, 11) is 0. The molecular formula is C23H19NO4S. The second kappa shape index (κ2) is 7.64. The molecule has 5 nitrogen and oxygen atoms in total. The topological polar surface area (TPSA) is 79.5 Å². The van der Waals surface area contributed by atoms with Crippen LogP contribution in [-0.2, 0) is 0 Å². The van der Waals surface area contributed by atoms with Crippen LogP contribution in [0, 0.1) is 0 Å². The minimum atomic E-state index is -0.348. The van der Waals surface area contributed by atoms with Crippen molar-refractivity contribution in [2.45, 2.75) is 24.8 Å². The molecule has 146 valence electrons. The molecular weight excluding hydrogens is 386 g/mol. The third kappa shape index (κ3) is 3.84. The highest BCUT2D eigenvalue weighted by Crippen LogP contribution is 2.41. The number of nitrogens with one attached hydrogen (secondary N) is 1. The Morgan fingerprint density at radius 3 is 2.69 bits per heavy atom. The largest absolute Gasteiger partial charge is 0.507 e. The maximum Gasteiger partial charge on any atom is 0.255 e. The number of phenolic OH excluding ortho intramolecular Hbond substituents is 1. The van der Waals surface area contributed by atoms with Gasteiger partial charge in [0.15, 0.2) is 0 Å². The van der Waals surface area contributed by atoms with E-state index in [4.69, 9.17) is 4.42 Å². The molecule has 0 unspecified atom stereocenters. The number of fused-ring (bicyclic) bond motifs is 1. The summed E-state index contributed by atoms with van der Waals surface area (Å²) < 4.78 is 5.88. The number of rotatable bonds is 4. The van der Waals surface area contributed by atoms with Gasteiger partial charge in [-0.1, -0.05) is 23.9 Å². The average molecular weight is 405 g/mol. The molecule has 1 aliphatic rings. The van der Waals surface area contributed by atoms with Crippen molar-refractivity contribution in [3.63, 3.8) is 0 Å². The molecule has 1 aromatic heterocycles. The summed E-state index contributed by atoms with van der Waals surface area (Å²) in [5.41, 5.74) is 1.55. The number of furan rings is 1. The average Bonchev–Trinajstić information content (AvgIpc) is 3.27. The second-order valence-electron chi connectivity index (χ2n) is 7.00. The summed E-state index contributed by atoms with van der Waals surface area (Å²) in [4.78, 5) is 26.4. The molecule has 1 aliphatic heterocycles. The van der Waals surface area contributed by atoms with Gasteiger partial charge in [0.05, 0.1) is 10.5 Å². The van der Waals surface area contributed by atoms with Crippen LogP contribution in [0.5, 0.6) is 5.75 Å². The van der Waals surface area contributed by atoms with E-state index in [1.165, 1.54) is 17.8 Å². The molecule has 2 aromatic carbocycles. The highest BCUT2D eigenvalue weighted by atomic mass is 32.2. The Kier molecular flexibility index (Phi) is 5.03. The lowest BCUT2D eigenvalue weighted by molar-refractivity contribution is 0.0940. The van der Waals surface area contributed by atoms with E-state index in [-0.39, 0.29) is 29.0 Å². The lowest BCUT2D eigenvalue weighted by Gasteiger charge is -2.10. The maximum absolute atomic E-state index is 12.5. The molecule has 2 N–H and O–H groups in total. The summed E-state index contributed by atoms with van der Waals surface area (Å²) in [6.07, 6.45) is 1.73. The first-order valence-corrected chi connectivity index (χ1v) is 10.0. The number of thioether (sulfide) groups is 1. The van der Waals surface area contributed by atoms with Gasteiger partial charge in [0.25, 0.3) is 5.91 Å². The maximum atomic E-state index is 12.5. The van der Waals surface area contributed by atoms with Crippen LogP contribution >= 0.6 is 11.8 Å². The van der Waals surface area contributed by atoms with Gasteiger partial charge in [0, 0.05) is 22.1 Å². The summed E-state index contributed by atoms with van der Waals surface area (Å²) in [5.74, 6) is 0.639. The lowest BCUT2D eigenvalue weighted by atomic mass is 10.1. The Morgan fingerprint density at radius 1 is 1.14 bits per heavy atom. The van der Waals surface area contributed by atoms with Gasteiger partial charge in [-0.2, -0.15) is 0 Å². The summed E-state index contributed by atoms with van der Waals surface area (Å²) in [6, 6.07) is 15.8. The van der Waals surface area contributed by atoms with Crippen LogP contribution in [0.15, 0.2) is 68.8 Å². The van der Waals surface area contributed by atoms with Gasteiger partial charge in [-0.15, -0.1) is 0 Å². The van der Waals surface area contributed by atoms with Gasteiger partial charge >= 0.3 is 0 Å². The standard InChI is InChI=1S/C23H19NO4S/c1-13(2)24-23(27)17-11-14(7-9-18(17)25)19-10-8-15(28-19)12-21-22(26)16-5-3-4-6-20(16)29-21/h3-13,25H,1-2H3,(H,24,27)/b21-12-. The fourth-order valence-corrected chi connectivity index (χ4v) is 4.09. The van der Waals surface area contributed by atoms with E-state index in [1.54, 1.807) is 30.3 Å². The highest BCUT2D eigenvalue weighted by molar-refractivity contribution is 8.04. The number of aromatic hydroxyl groups is 1. The van der Waals surface area contributed by atoms with Crippen LogP contribution in [0.3, 0.4) is 0 Å². The second-order valence-corrected chi connectivity index (χ2v) is 8.08. The van der Waals surface area contributed by atoms with Crippen LogP contribution < -0.4 is 5.32 Å². The molecule has 2 heterocycles. The van der Waals surface area contributed by atoms with Crippen molar-refractivity contribution in [1.29, 1.82) is 0 Å². The third-order valence-corrected chi connectivity index (χ3v) is 5.52. The molecule has 0 radical (unpaired) electrons. The van der Waals surface area contributed by atoms with E-state index >= 15 is 0 Å². The normalized spacial score (nSPS) is 14.4. The fraction of sp³-hybridized carbons (Fsp3) is 0.130. The van der Waals surface area contributed by atoms with Crippen LogP contribution in [0.4, 0.5) is 0 Å². The van der Waals surface area contributed by atoms with Crippen molar-refractivity contribution >= 4 is 29.5 Å². The molecule has 3 aromatic rings. The fourth-order valence-electron chi connectivity index (χ4n) is 3.06. The Labute approximate surface area is 172 Å². The monoisotopic (exact) mass is 405 g/mol. The summed E-state index contributed by atoms with van der Waals surface area (Å²) in [5, 5.41) is 12.8. The minimum absolute atomic E-state index is 0.0131. The third-order valence-electron chi connectivity index (χ3n) is 4.42. The lowest BCUT2D eigenvalue weighted by Crippen LogP contribution is -2.30. The molecule has 6 heteroatoms. The van der Waals surface area contributed by atoms with Crippen LogP contribution in [0.2, 0.25) is 0 Å². The number of ketones is 1. The molecule has 29 heavy (non-hydrogen) atoms. The van der Waals surface area contributed by atoms with Crippen molar-refractivity contribution in [3.8, 4) is 17.1 Å². The van der Waals surface area contributed by atoms with E-state index < -0.39 is 0 Å². The van der Waals surface area contributed by atoms with E-state index in [0.29, 0.717) is 27.6 Å². The van der Waals surface area contributed by atoms with Crippen molar-refractivity contribution in [2.24, 2.45) is 0 Å². The SMILES string of the molecule is CC(C)NC(=O)c1cc(-c2ccc(/C=C3\Sc4ccccc4C3=O)o2)ccc1O. The van der Waals surface area contributed by atoms with Crippen molar-refractivity contribution in [2.75, 3.05) is 0 Å². The van der Waals surface area contributed by atoms with E-state index in [2.05, 4.69) is 5.32 Å². The number of carbonyl (C=O) groups excluding carboxylic acids is 2. The number of amides is 1. The number of Topliss-reactive ketones (excluding diaryl/α,β-unsaturated/α-hetero) is 1. The van der Waals surface area contributed by atoms with Crippen LogP contribution in [0.25, 0.3) is 17.4 Å². The van der Waals surface area contributed by atoms with E-state index in [1.807, 2.05) is 38.1 Å². The van der Waals surface area contributed by atoms with Gasteiger partial charge in [-0.3, -0.25) is 9.59 Å². The Morgan fingerprint density at radius 2 is 1.93 bits per heavy atom. The zero-order chi connectivity index (χ0) is 20.5. The quantitative estimate of drug-likeness (QED) is 0.589. The zero-order valence-corrected chi connectivity index (χ0v) is 16.7. The predicted molar refractivity (Wildman–Crippen MR) is 113 cm³/mol. The predicted octanol–water partition coefficient (Wildman–Crippen LogP) is 5.12. The number of allylic oxidation sites excluding steroid dienone is 1.